The van der Waals surface area contributed by atoms with Gasteiger partial charge in [-0.3, -0.25) is 14.3 Å². The summed E-state index contributed by atoms with van der Waals surface area (Å²) in [5, 5.41) is 12.6. The molecule has 3 aromatic rings. The highest BCUT2D eigenvalue weighted by atomic mass is 32.2. The van der Waals surface area contributed by atoms with Gasteiger partial charge in [-0.1, -0.05) is 42.5 Å². The molecule has 0 bridgehead atoms. The number of allylic oxidation sites excluding steroid dienone is 1. The zero-order valence-electron chi connectivity index (χ0n) is 18.5. The molecule has 0 radical (unpaired) electrons. The van der Waals surface area contributed by atoms with E-state index >= 15 is 0 Å². The number of rotatable bonds is 9. The van der Waals surface area contributed by atoms with Crippen molar-refractivity contribution in [3.8, 4) is 17.1 Å². The summed E-state index contributed by atoms with van der Waals surface area (Å²) < 4.78 is 2.01. The molecule has 2 aromatic heterocycles. The predicted octanol–water partition coefficient (Wildman–Crippen LogP) is 4.99. The van der Waals surface area contributed by atoms with Gasteiger partial charge < -0.3 is 5.32 Å². The predicted molar refractivity (Wildman–Crippen MR) is 129 cm³/mol. The van der Waals surface area contributed by atoms with Crippen molar-refractivity contribution in [2.24, 2.45) is 0 Å². The molecule has 4 rings (SSSR count). The topological polar surface area (TPSA) is 72.7 Å². The molecule has 0 saturated heterocycles. The van der Waals surface area contributed by atoms with Gasteiger partial charge in [0.2, 0.25) is 5.91 Å². The van der Waals surface area contributed by atoms with Crippen LogP contribution in [0.3, 0.4) is 0 Å². The lowest BCUT2D eigenvalue weighted by Gasteiger charge is -2.13. The van der Waals surface area contributed by atoms with Crippen molar-refractivity contribution in [2.45, 2.75) is 50.6 Å². The third kappa shape index (κ3) is 5.65. The Morgan fingerprint density at radius 1 is 1.09 bits per heavy atom. The second-order valence-electron chi connectivity index (χ2n) is 7.89. The first kappa shape index (κ1) is 22.3. The summed E-state index contributed by atoms with van der Waals surface area (Å²) in [6.07, 6.45) is 12.7. The van der Waals surface area contributed by atoms with Crippen LogP contribution in [-0.2, 0) is 11.2 Å². The molecule has 1 amide bonds. The Bertz CT molecular complexity index is 1060. The highest BCUT2D eigenvalue weighted by molar-refractivity contribution is 7.99. The number of carbonyl (C=O) groups excluding carboxylic acids is 1. The quantitative estimate of drug-likeness (QED) is 0.369. The summed E-state index contributed by atoms with van der Waals surface area (Å²) in [7, 11) is 0. The van der Waals surface area contributed by atoms with E-state index in [4.69, 9.17) is 0 Å². The van der Waals surface area contributed by atoms with Gasteiger partial charge in [0, 0.05) is 30.2 Å². The van der Waals surface area contributed by atoms with E-state index in [-0.39, 0.29) is 5.91 Å². The van der Waals surface area contributed by atoms with Gasteiger partial charge in [0.15, 0.2) is 11.0 Å². The molecule has 1 aromatic carbocycles. The SMILES string of the molecule is CCc1ccc(-n2c(SCC(=O)NCCC3=CCCCC3)nnc2-c2ccncc2)cc1. The Labute approximate surface area is 193 Å². The van der Waals surface area contributed by atoms with Crippen LogP contribution in [0.1, 0.15) is 44.6 Å². The molecule has 32 heavy (non-hydrogen) atoms. The van der Waals surface area contributed by atoms with E-state index in [1.807, 2.05) is 16.7 Å². The van der Waals surface area contributed by atoms with Gasteiger partial charge in [0.1, 0.15) is 0 Å². The summed E-state index contributed by atoms with van der Waals surface area (Å²) in [4.78, 5) is 16.6. The summed E-state index contributed by atoms with van der Waals surface area (Å²) in [5.74, 6) is 1.07. The number of nitrogens with zero attached hydrogens (tertiary/aromatic N) is 4. The Morgan fingerprint density at radius 2 is 1.91 bits per heavy atom. The van der Waals surface area contributed by atoms with E-state index in [0.717, 1.165) is 29.9 Å². The van der Waals surface area contributed by atoms with Crippen LogP contribution in [0.25, 0.3) is 17.1 Å². The molecule has 0 spiro atoms. The molecular weight excluding hydrogens is 418 g/mol. The van der Waals surface area contributed by atoms with E-state index < -0.39 is 0 Å². The number of hydrogen-bond donors (Lipinski definition) is 1. The fraction of sp³-hybridized carbons (Fsp3) is 0.360. The monoisotopic (exact) mass is 447 g/mol. The van der Waals surface area contributed by atoms with Crippen molar-refractivity contribution in [3.63, 3.8) is 0 Å². The van der Waals surface area contributed by atoms with E-state index in [2.05, 4.69) is 57.8 Å². The van der Waals surface area contributed by atoms with Gasteiger partial charge in [-0.05, 0) is 68.4 Å². The maximum absolute atomic E-state index is 12.4. The van der Waals surface area contributed by atoms with Crippen LogP contribution in [0, 0.1) is 0 Å². The number of benzene rings is 1. The summed E-state index contributed by atoms with van der Waals surface area (Å²) in [6, 6.07) is 12.2. The maximum Gasteiger partial charge on any atom is 0.230 e. The molecule has 0 saturated carbocycles. The summed E-state index contributed by atoms with van der Waals surface area (Å²) in [5.41, 5.74) is 4.66. The van der Waals surface area contributed by atoms with Gasteiger partial charge in [-0.15, -0.1) is 10.2 Å². The largest absolute Gasteiger partial charge is 0.355 e. The van der Waals surface area contributed by atoms with Gasteiger partial charge >= 0.3 is 0 Å². The molecule has 1 aliphatic rings. The molecule has 0 fully saturated rings. The number of pyridine rings is 1. The minimum Gasteiger partial charge on any atom is -0.355 e. The summed E-state index contributed by atoms with van der Waals surface area (Å²) in [6.45, 7) is 2.83. The number of thioether (sulfide) groups is 1. The highest BCUT2D eigenvalue weighted by Gasteiger charge is 2.17. The van der Waals surface area contributed by atoms with Crippen molar-refractivity contribution in [1.82, 2.24) is 25.1 Å². The van der Waals surface area contributed by atoms with Crippen molar-refractivity contribution in [2.75, 3.05) is 12.3 Å². The number of aromatic nitrogens is 4. The van der Waals surface area contributed by atoms with Gasteiger partial charge in [-0.25, -0.2) is 0 Å². The fourth-order valence-electron chi connectivity index (χ4n) is 3.84. The number of amides is 1. The average Bonchev–Trinajstić information content (AvgIpc) is 3.28. The van der Waals surface area contributed by atoms with Crippen molar-refractivity contribution in [3.05, 3.63) is 66.0 Å². The van der Waals surface area contributed by atoms with Crippen LogP contribution >= 0.6 is 11.8 Å². The minimum absolute atomic E-state index is 0.0211. The van der Waals surface area contributed by atoms with Crippen LogP contribution in [0.4, 0.5) is 0 Å². The van der Waals surface area contributed by atoms with Gasteiger partial charge in [0.05, 0.1) is 5.75 Å². The molecule has 6 nitrogen and oxygen atoms in total. The molecule has 1 aliphatic carbocycles. The molecule has 0 aliphatic heterocycles. The van der Waals surface area contributed by atoms with E-state index in [0.29, 0.717) is 17.5 Å². The third-order valence-corrected chi connectivity index (χ3v) is 6.59. The molecular formula is C25H29N5OS. The first-order valence-electron chi connectivity index (χ1n) is 11.3. The Hall–Kier alpha value is -2.93. The van der Waals surface area contributed by atoms with E-state index in [1.54, 1.807) is 12.4 Å². The molecule has 0 unspecified atom stereocenters. The maximum atomic E-state index is 12.4. The third-order valence-electron chi connectivity index (χ3n) is 5.66. The molecule has 0 atom stereocenters. The average molecular weight is 448 g/mol. The van der Waals surface area contributed by atoms with Crippen LogP contribution in [0.15, 0.2) is 65.6 Å². The van der Waals surface area contributed by atoms with E-state index in [9.17, 15) is 4.79 Å². The normalized spacial score (nSPS) is 13.6. The van der Waals surface area contributed by atoms with Crippen LogP contribution in [0.5, 0.6) is 0 Å². The summed E-state index contributed by atoms with van der Waals surface area (Å²) >= 11 is 1.41. The van der Waals surface area contributed by atoms with E-state index in [1.165, 1.54) is 48.6 Å². The highest BCUT2D eigenvalue weighted by Crippen LogP contribution is 2.28. The smallest absolute Gasteiger partial charge is 0.230 e. The zero-order chi connectivity index (χ0) is 22.2. The molecule has 7 heteroatoms. The Morgan fingerprint density at radius 3 is 2.62 bits per heavy atom. The van der Waals surface area contributed by atoms with Gasteiger partial charge in [-0.2, -0.15) is 0 Å². The van der Waals surface area contributed by atoms with Crippen LogP contribution in [0.2, 0.25) is 0 Å². The van der Waals surface area contributed by atoms with Crippen molar-refractivity contribution < 1.29 is 4.79 Å². The van der Waals surface area contributed by atoms with Gasteiger partial charge in [0.25, 0.3) is 0 Å². The number of nitrogens with one attached hydrogen (secondary N) is 1. The second-order valence-corrected chi connectivity index (χ2v) is 8.84. The van der Waals surface area contributed by atoms with Crippen molar-refractivity contribution in [1.29, 1.82) is 0 Å². The molecule has 166 valence electrons. The lowest BCUT2D eigenvalue weighted by atomic mass is 9.97. The minimum atomic E-state index is 0.0211. The Kier molecular flexibility index (Phi) is 7.72. The standard InChI is InChI=1S/C25H29N5OS/c1-2-19-8-10-22(11-9-19)30-24(21-13-15-26-16-14-21)28-29-25(30)32-18-23(31)27-17-12-20-6-4-3-5-7-20/h6,8-11,13-16H,2-5,7,12,17-18H2,1H3,(H,27,31). The molecule has 1 N–H and O–H groups in total. The van der Waals surface area contributed by atoms with Crippen molar-refractivity contribution >= 4 is 17.7 Å². The zero-order valence-corrected chi connectivity index (χ0v) is 19.3. The molecule has 2 heterocycles. The lowest BCUT2D eigenvalue weighted by Crippen LogP contribution is -2.26. The number of aryl methyl sites for hydroxylation is 1. The van der Waals surface area contributed by atoms with Crippen LogP contribution < -0.4 is 5.32 Å². The second kappa shape index (κ2) is 11.1. The first-order chi connectivity index (χ1) is 15.7. The number of carbonyl (C=O) groups is 1. The fourth-order valence-corrected chi connectivity index (χ4v) is 4.62. The number of hydrogen-bond acceptors (Lipinski definition) is 5. The Balaban J connectivity index is 1.46. The first-order valence-corrected chi connectivity index (χ1v) is 12.3. The lowest BCUT2D eigenvalue weighted by molar-refractivity contribution is -0.118. The van der Waals surface area contributed by atoms with Crippen LogP contribution in [-0.4, -0.2) is 38.0 Å².